The molecule has 0 aromatic heterocycles. The van der Waals surface area contributed by atoms with Crippen molar-refractivity contribution in [3.05, 3.63) is 59.9 Å². The van der Waals surface area contributed by atoms with Gasteiger partial charge in [-0.2, -0.15) is 0 Å². The molecule has 6 nitrogen and oxygen atoms in total. The van der Waals surface area contributed by atoms with Gasteiger partial charge in [0, 0.05) is 22.9 Å². The summed E-state index contributed by atoms with van der Waals surface area (Å²) >= 11 is 0. The van der Waals surface area contributed by atoms with E-state index >= 15 is 0 Å². The number of carbonyl (C=O) groups is 3. The fourth-order valence-corrected chi connectivity index (χ4v) is 3.40. The minimum Gasteiger partial charge on any atom is -0.481 e. The summed E-state index contributed by atoms with van der Waals surface area (Å²) < 4.78 is 13.2. The van der Waals surface area contributed by atoms with Crippen LogP contribution in [0.4, 0.5) is 15.8 Å². The zero-order valence-corrected chi connectivity index (χ0v) is 15.2. The first-order valence-electron chi connectivity index (χ1n) is 9.13. The number of hydrogen-bond acceptors (Lipinski definition) is 3. The van der Waals surface area contributed by atoms with Gasteiger partial charge in [-0.1, -0.05) is 18.6 Å². The number of rotatable bonds is 5. The van der Waals surface area contributed by atoms with Crippen LogP contribution >= 0.6 is 0 Å². The van der Waals surface area contributed by atoms with Crippen molar-refractivity contribution in [3.63, 3.8) is 0 Å². The lowest BCUT2D eigenvalue weighted by Crippen LogP contribution is -2.31. The van der Waals surface area contributed by atoms with E-state index in [0.29, 0.717) is 42.6 Å². The molecule has 1 fully saturated rings. The smallest absolute Gasteiger partial charge is 0.306 e. The average molecular weight is 384 g/mol. The van der Waals surface area contributed by atoms with Crippen molar-refractivity contribution in [1.29, 1.82) is 0 Å². The van der Waals surface area contributed by atoms with Gasteiger partial charge in [-0.05, 0) is 55.7 Å². The van der Waals surface area contributed by atoms with Gasteiger partial charge >= 0.3 is 5.97 Å². The SMILES string of the molecule is O=C(Nc1cccc(F)c1)c1cccc(NC(=O)C2CCCC(C(=O)O)C2)c1. The summed E-state index contributed by atoms with van der Waals surface area (Å²) in [4.78, 5) is 36.0. The summed E-state index contributed by atoms with van der Waals surface area (Å²) in [6, 6.07) is 12.0. The van der Waals surface area contributed by atoms with Crippen molar-refractivity contribution < 1.29 is 23.9 Å². The Labute approximate surface area is 161 Å². The molecule has 3 rings (SSSR count). The Morgan fingerprint density at radius 1 is 0.929 bits per heavy atom. The third-order valence-corrected chi connectivity index (χ3v) is 4.87. The molecular formula is C21H21FN2O4. The van der Waals surface area contributed by atoms with E-state index in [1.807, 2.05) is 0 Å². The standard InChI is InChI=1S/C21H21FN2O4/c22-16-7-3-9-18(12-16)24-20(26)14-5-2-8-17(11-14)23-19(25)13-4-1-6-15(10-13)21(27)28/h2-3,5,7-9,11-13,15H,1,4,6,10H2,(H,23,25)(H,24,26)(H,27,28). The quantitative estimate of drug-likeness (QED) is 0.728. The first-order chi connectivity index (χ1) is 13.4. The first kappa shape index (κ1) is 19.5. The highest BCUT2D eigenvalue weighted by molar-refractivity contribution is 6.05. The normalized spacial score (nSPS) is 18.9. The predicted octanol–water partition coefficient (Wildman–Crippen LogP) is 3.91. The summed E-state index contributed by atoms with van der Waals surface area (Å²) in [5.74, 6) is -2.84. The number of carboxylic acids is 1. The highest BCUT2D eigenvalue weighted by atomic mass is 19.1. The molecule has 2 aromatic rings. The van der Waals surface area contributed by atoms with Gasteiger partial charge in [0.1, 0.15) is 5.82 Å². The van der Waals surface area contributed by atoms with Crippen LogP contribution in [0.25, 0.3) is 0 Å². The van der Waals surface area contributed by atoms with Gasteiger partial charge in [-0.25, -0.2) is 4.39 Å². The molecule has 0 radical (unpaired) electrons. The van der Waals surface area contributed by atoms with Crippen LogP contribution in [0.15, 0.2) is 48.5 Å². The van der Waals surface area contributed by atoms with Gasteiger partial charge in [0.25, 0.3) is 5.91 Å². The van der Waals surface area contributed by atoms with Crippen LogP contribution in [0.2, 0.25) is 0 Å². The number of hydrogen-bond donors (Lipinski definition) is 3. The Bertz CT molecular complexity index is 899. The predicted molar refractivity (Wildman–Crippen MR) is 103 cm³/mol. The van der Waals surface area contributed by atoms with E-state index in [1.165, 1.54) is 24.3 Å². The molecule has 0 heterocycles. The van der Waals surface area contributed by atoms with Crippen LogP contribution in [-0.2, 0) is 9.59 Å². The van der Waals surface area contributed by atoms with E-state index in [-0.39, 0.29) is 11.8 Å². The molecule has 2 unspecified atom stereocenters. The van der Waals surface area contributed by atoms with Crippen molar-refractivity contribution >= 4 is 29.2 Å². The van der Waals surface area contributed by atoms with Crippen LogP contribution in [0.1, 0.15) is 36.0 Å². The lowest BCUT2D eigenvalue weighted by Gasteiger charge is -2.25. The van der Waals surface area contributed by atoms with Crippen molar-refractivity contribution in [2.75, 3.05) is 10.6 Å². The molecule has 0 bridgehead atoms. The van der Waals surface area contributed by atoms with E-state index < -0.39 is 23.6 Å². The summed E-state index contributed by atoms with van der Waals surface area (Å²) in [7, 11) is 0. The van der Waals surface area contributed by atoms with Gasteiger partial charge in [-0.15, -0.1) is 0 Å². The minimum atomic E-state index is -0.867. The molecule has 0 spiro atoms. The minimum absolute atomic E-state index is 0.242. The largest absolute Gasteiger partial charge is 0.481 e. The molecule has 2 aromatic carbocycles. The third-order valence-electron chi connectivity index (χ3n) is 4.87. The van der Waals surface area contributed by atoms with E-state index in [9.17, 15) is 18.8 Å². The summed E-state index contributed by atoms with van der Waals surface area (Å²) in [5, 5.41) is 14.5. The maximum Gasteiger partial charge on any atom is 0.306 e. The molecule has 0 saturated heterocycles. The van der Waals surface area contributed by atoms with Gasteiger partial charge in [0.05, 0.1) is 5.92 Å². The molecule has 28 heavy (non-hydrogen) atoms. The molecule has 1 aliphatic rings. The summed E-state index contributed by atoms with van der Waals surface area (Å²) in [5.41, 5.74) is 1.10. The number of carboxylic acid groups (broad SMARTS) is 1. The van der Waals surface area contributed by atoms with Gasteiger partial charge < -0.3 is 15.7 Å². The number of halogens is 1. The molecule has 1 aliphatic carbocycles. The molecule has 3 N–H and O–H groups in total. The van der Waals surface area contributed by atoms with Crippen molar-refractivity contribution in [1.82, 2.24) is 0 Å². The highest BCUT2D eigenvalue weighted by Crippen LogP contribution is 2.30. The molecule has 2 atom stereocenters. The van der Waals surface area contributed by atoms with E-state index in [1.54, 1.807) is 24.3 Å². The number of aliphatic carboxylic acids is 1. The van der Waals surface area contributed by atoms with Gasteiger partial charge in [0.2, 0.25) is 5.91 Å². The fraction of sp³-hybridized carbons (Fsp3) is 0.286. The third kappa shape index (κ3) is 4.94. The molecule has 2 amide bonds. The summed E-state index contributed by atoms with van der Waals surface area (Å²) in [6.07, 6.45) is 2.26. The second-order valence-corrected chi connectivity index (χ2v) is 6.93. The molecule has 7 heteroatoms. The van der Waals surface area contributed by atoms with Crippen LogP contribution in [0, 0.1) is 17.7 Å². The Morgan fingerprint density at radius 3 is 2.32 bits per heavy atom. The second kappa shape index (κ2) is 8.65. The van der Waals surface area contributed by atoms with Crippen molar-refractivity contribution in [3.8, 4) is 0 Å². The van der Waals surface area contributed by atoms with Crippen LogP contribution in [0.5, 0.6) is 0 Å². The van der Waals surface area contributed by atoms with Gasteiger partial charge in [-0.3, -0.25) is 14.4 Å². The fourth-order valence-electron chi connectivity index (χ4n) is 3.40. The maximum atomic E-state index is 13.2. The highest BCUT2D eigenvalue weighted by Gasteiger charge is 2.31. The molecular weight excluding hydrogens is 363 g/mol. The average Bonchev–Trinajstić information content (AvgIpc) is 2.68. The Morgan fingerprint density at radius 2 is 1.61 bits per heavy atom. The number of nitrogens with one attached hydrogen (secondary N) is 2. The second-order valence-electron chi connectivity index (χ2n) is 6.93. The van der Waals surface area contributed by atoms with E-state index in [2.05, 4.69) is 10.6 Å². The van der Waals surface area contributed by atoms with E-state index in [0.717, 1.165) is 0 Å². The van der Waals surface area contributed by atoms with Gasteiger partial charge in [0.15, 0.2) is 0 Å². The monoisotopic (exact) mass is 384 g/mol. The Kier molecular flexibility index (Phi) is 6.03. The maximum absolute atomic E-state index is 13.2. The Balaban J connectivity index is 1.65. The van der Waals surface area contributed by atoms with Crippen molar-refractivity contribution in [2.24, 2.45) is 11.8 Å². The molecule has 146 valence electrons. The van der Waals surface area contributed by atoms with E-state index in [4.69, 9.17) is 5.11 Å². The summed E-state index contributed by atoms with van der Waals surface area (Å²) in [6.45, 7) is 0. The number of carbonyl (C=O) groups excluding carboxylic acids is 2. The Hall–Kier alpha value is -3.22. The number of benzene rings is 2. The first-order valence-corrected chi connectivity index (χ1v) is 9.13. The lowest BCUT2D eigenvalue weighted by atomic mass is 9.81. The zero-order chi connectivity index (χ0) is 20.1. The lowest BCUT2D eigenvalue weighted by molar-refractivity contribution is -0.143. The number of anilines is 2. The zero-order valence-electron chi connectivity index (χ0n) is 15.2. The van der Waals surface area contributed by atoms with Crippen LogP contribution < -0.4 is 10.6 Å². The van der Waals surface area contributed by atoms with Crippen LogP contribution in [0.3, 0.4) is 0 Å². The topological polar surface area (TPSA) is 95.5 Å². The number of amides is 2. The molecule has 0 aliphatic heterocycles. The van der Waals surface area contributed by atoms with Crippen LogP contribution in [-0.4, -0.2) is 22.9 Å². The van der Waals surface area contributed by atoms with Crippen molar-refractivity contribution in [2.45, 2.75) is 25.7 Å². The molecule has 1 saturated carbocycles.